The summed E-state index contributed by atoms with van der Waals surface area (Å²) in [6.07, 6.45) is 1.54. The fourth-order valence-corrected chi connectivity index (χ4v) is 2.32. The number of hydrogen-bond acceptors (Lipinski definition) is 3. The highest BCUT2D eigenvalue weighted by molar-refractivity contribution is 6.30. The van der Waals surface area contributed by atoms with E-state index in [0.717, 1.165) is 11.3 Å². The Kier molecular flexibility index (Phi) is 4.57. The van der Waals surface area contributed by atoms with Crippen LogP contribution >= 0.6 is 11.6 Å². The quantitative estimate of drug-likeness (QED) is 0.787. The summed E-state index contributed by atoms with van der Waals surface area (Å²) in [4.78, 5) is 12.3. The molecule has 3 rings (SSSR count). The van der Waals surface area contributed by atoms with Crippen LogP contribution in [0.1, 0.15) is 29.0 Å². The minimum atomic E-state index is -0.355. The van der Waals surface area contributed by atoms with Crippen molar-refractivity contribution in [2.75, 3.05) is 0 Å². The third kappa shape index (κ3) is 3.60. The van der Waals surface area contributed by atoms with Crippen LogP contribution in [0.2, 0.25) is 5.02 Å². The second kappa shape index (κ2) is 6.80. The van der Waals surface area contributed by atoms with Crippen LogP contribution in [0.3, 0.4) is 0 Å². The second-order valence-electron chi connectivity index (χ2n) is 5.27. The van der Waals surface area contributed by atoms with Crippen LogP contribution in [0.15, 0.2) is 54.7 Å². The van der Waals surface area contributed by atoms with Crippen LogP contribution in [0.5, 0.6) is 0 Å². The molecular formula is C17H14ClFN4O. The van der Waals surface area contributed by atoms with E-state index in [1.807, 2.05) is 6.92 Å². The molecule has 1 N–H and O–H groups in total. The maximum atomic E-state index is 12.9. The maximum Gasteiger partial charge on any atom is 0.273 e. The molecule has 1 amide bonds. The molecule has 0 fully saturated rings. The van der Waals surface area contributed by atoms with Gasteiger partial charge in [0.15, 0.2) is 5.69 Å². The molecule has 3 aromatic rings. The molecule has 1 atom stereocenters. The number of amides is 1. The summed E-state index contributed by atoms with van der Waals surface area (Å²) in [5.74, 6) is -0.671. The van der Waals surface area contributed by atoms with Crippen LogP contribution in [0.4, 0.5) is 4.39 Å². The first kappa shape index (κ1) is 16.1. The van der Waals surface area contributed by atoms with E-state index in [4.69, 9.17) is 11.6 Å². The largest absolute Gasteiger partial charge is 0.344 e. The van der Waals surface area contributed by atoms with Crippen molar-refractivity contribution in [2.24, 2.45) is 0 Å². The smallest absolute Gasteiger partial charge is 0.273 e. The van der Waals surface area contributed by atoms with E-state index in [2.05, 4.69) is 15.6 Å². The fourth-order valence-electron chi connectivity index (χ4n) is 2.19. The summed E-state index contributed by atoms with van der Waals surface area (Å²) in [6.45, 7) is 1.81. The van der Waals surface area contributed by atoms with E-state index in [1.54, 1.807) is 36.4 Å². The number of nitrogens with zero attached hydrogens (tertiary/aromatic N) is 3. The topological polar surface area (TPSA) is 59.8 Å². The Hall–Kier alpha value is -2.73. The van der Waals surface area contributed by atoms with Gasteiger partial charge in [0.25, 0.3) is 5.91 Å². The van der Waals surface area contributed by atoms with Crippen molar-refractivity contribution < 1.29 is 9.18 Å². The predicted octanol–water partition coefficient (Wildman–Crippen LogP) is 3.55. The molecule has 0 saturated heterocycles. The van der Waals surface area contributed by atoms with E-state index in [9.17, 15) is 9.18 Å². The van der Waals surface area contributed by atoms with Gasteiger partial charge in [-0.3, -0.25) is 4.79 Å². The number of hydrogen-bond donors (Lipinski definition) is 1. The van der Waals surface area contributed by atoms with Gasteiger partial charge in [-0.1, -0.05) is 28.9 Å². The molecule has 24 heavy (non-hydrogen) atoms. The Bertz CT molecular complexity index is 846. The van der Waals surface area contributed by atoms with Gasteiger partial charge in [-0.15, -0.1) is 5.10 Å². The summed E-state index contributed by atoms with van der Waals surface area (Å²) in [6, 6.07) is 12.7. The van der Waals surface area contributed by atoms with Crippen LogP contribution in [-0.2, 0) is 0 Å². The Morgan fingerprint density at radius 2 is 1.83 bits per heavy atom. The molecule has 0 saturated carbocycles. The van der Waals surface area contributed by atoms with Crippen LogP contribution in [-0.4, -0.2) is 20.9 Å². The van der Waals surface area contributed by atoms with Crippen molar-refractivity contribution in [1.29, 1.82) is 0 Å². The Balaban J connectivity index is 1.71. The molecule has 0 spiro atoms. The van der Waals surface area contributed by atoms with Crippen molar-refractivity contribution in [3.05, 3.63) is 76.8 Å². The third-order valence-electron chi connectivity index (χ3n) is 3.53. The summed E-state index contributed by atoms with van der Waals surface area (Å²) >= 11 is 5.85. The normalized spacial score (nSPS) is 12.0. The number of carbonyl (C=O) groups excluding carboxylic acids is 1. The van der Waals surface area contributed by atoms with E-state index in [-0.39, 0.29) is 23.5 Å². The van der Waals surface area contributed by atoms with E-state index < -0.39 is 0 Å². The van der Waals surface area contributed by atoms with Crippen molar-refractivity contribution in [3.8, 4) is 5.69 Å². The third-order valence-corrected chi connectivity index (χ3v) is 3.79. The Labute approximate surface area is 143 Å². The first-order valence-electron chi connectivity index (χ1n) is 7.27. The zero-order valence-corrected chi connectivity index (χ0v) is 13.5. The Morgan fingerprint density at radius 1 is 1.17 bits per heavy atom. The molecule has 2 aromatic carbocycles. The fraction of sp³-hybridized carbons (Fsp3) is 0.118. The molecule has 1 heterocycles. The predicted molar refractivity (Wildman–Crippen MR) is 88.7 cm³/mol. The molecule has 1 unspecified atom stereocenters. The summed E-state index contributed by atoms with van der Waals surface area (Å²) < 4.78 is 14.4. The number of nitrogens with one attached hydrogen (secondary N) is 1. The SMILES string of the molecule is CC(NC(=O)c1cn(-c2ccc(Cl)cc2)nn1)c1ccc(F)cc1. The lowest BCUT2D eigenvalue weighted by atomic mass is 10.1. The minimum absolute atomic E-state index is 0.193. The average Bonchev–Trinajstić information content (AvgIpc) is 3.06. The monoisotopic (exact) mass is 344 g/mol. The van der Waals surface area contributed by atoms with E-state index in [0.29, 0.717) is 5.02 Å². The zero-order valence-electron chi connectivity index (χ0n) is 12.8. The van der Waals surface area contributed by atoms with Crippen molar-refractivity contribution in [1.82, 2.24) is 20.3 Å². The molecule has 0 aliphatic carbocycles. The molecule has 0 aliphatic rings. The first-order chi connectivity index (χ1) is 11.5. The van der Waals surface area contributed by atoms with Gasteiger partial charge in [0.05, 0.1) is 17.9 Å². The molecular weight excluding hydrogens is 331 g/mol. The molecule has 0 aliphatic heterocycles. The van der Waals surface area contributed by atoms with Gasteiger partial charge in [0.1, 0.15) is 5.82 Å². The standard InChI is InChI=1S/C17H14ClFN4O/c1-11(12-2-6-14(19)7-3-12)20-17(24)16-10-23(22-21-16)15-8-4-13(18)5-9-15/h2-11H,1H3,(H,20,24). The highest BCUT2D eigenvalue weighted by atomic mass is 35.5. The van der Waals surface area contributed by atoms with Gasteiger partial charge >= 0.3 is 0 Å². The second-order valence-corrected chi connectivity index (χ2v) is 5.71. The summed E-state index contributed by atoms with van der Waals surface area (Å²) in [7, 11) is 0. The first-order valence-corrected chi connectivity index (χ1v) is 7.65. The number of halogens is 2. The number of rotatable bonds is 4. The maximum absolute atomic E-state index is 12.9. The van der Waals surface area contributed by atoms with Gasteiger partial charge in [0, 0.05) is 5.02 Å². The van der Waals surface area contributed by atoms with Gasteiger partial charge in [-0.05, 0) is 48.9 Å². The van der Waals surface area contributed by atoms with Gasteiger partial charge in [0.2, 0.25) is 0 Å². The average molecular weight is 345 g/mol. The van der Waals surface area contributed by atoms with E-state index in [1.165, 1.54) is 23.0 Å². The number of aromatic nitrogens is 3. The van der Waals surface area contributed by atoms with Gasteiger partial charge in [-0.25, -0.2) is 9.07 Å². The highest BCUT2D eigenvalue weighted by Gasteiger charge is 2.15. The van der Waals surface area contributed by atoms with Crippen LogP contribution < -0.4 is 5.32 Å². The van der Waals surface area contributed by atoms with Crippen molar-refractivity contribution in [2.45, 2.75) is 13.0 Å². The van der Waals surface area contributed by atoms with E-state index >= 15 is 0 Å². The molecule has 0 radical (unpaired) electrons. The van der Waals surface area contributed by atoms with Gasteiger partial charge < -0.3 is 5.32 Å². The molecule has 1 aromatic heterocycles. The Morgan fingerprint density at radius 3 is 2.50 bits per heavy atom. The minimum Gasteiger partial charge on any atom is -0.344 e. The molecule has 122 valence electrons. The molecule has 5 nitrogen and oxygen atoms in total. The van der Waals surface area contributed by atoms with Crippen molar-refractivity contribution >= 4 is 17.5 Å². The van der Waals surface area contributed by atoms with Crippen LogP contribution in [0, 0.1) is 5.82 Å². The lowest BCUT2D eigenvalue weighted by molar-refractivity contribution is 0.0935. The van der Waals surface area contributed by atoms with Crippen molar-refractivity contribution in [3.63, 3.8) is 0 Å². The lowest BCUT2D eigenvalue weighted by Crippen LogP contribution is -2.27. The van der Waals surface area contributed by atoms with Crippen LogP contribution in [0.25, 0.3) is 5.69 Å². The number of carbonyl (C=O) groups is 1. The molecule has 7 heteroatoms. The highest BCUT2D eigenvalue weighted by Crippen LogP contribution is 2.15. The summed E-state index contributed by atoms with van der Waals surface area (Å²) in [5, 5.41) is 11.2. The summed E-state index contributed by atoms with van der Waals surface area (Å²) in [5.41, 5.74) is 1.74. The lowest BCUT2D eigenvalue weighted by Gasteiger charge is -2.13. The van der Waals surface area contributed by atoms with Gasteiger partial charge in [-0.2, -0.15) is 0 Å². The zero-order chi connectivity index (χ0) is 17.1. The number of benzene rings is 2. The molecule has 0 bridgehead atoms.